The van der Waals surface area contributed by atoms with Gasteiger partial charge in [0.15, 0.2) is 0 Å². The Morgan fingerprint density at radius 2 is 0.778 bits per heavy atom. The minimum atomic E-state index is -3.37. The monoisotopic (exact) mass is 353 g/mol. The van der Waals surface area contributed by atoms with Gasteiger partial charge in [0.1, 0.15) is 0 Å². The number of rotatable bonds is 0. The average molecular weight is 353 g/mol. The molecule has 0 heterocycles. The Morgan fingerprint density at radius 3 is 0.778 bits per heavy atom. The Kier molecular flexibility index (Phi) is 20.9. The van der Waals surface area contributed by atoms with Crippen molar-refractivity contribution in [2.75, 3.05) is 0 Å². The van der Waals surface area contributed by atoms with Gasteiger partial charge in [0, 0.05) is 0 Å². The van der Waals surface area contributed by atoms with Gasteiger partial charge in [0.25, 0.3) is 16.5 Å². The van der Waals surface area contributed by atoms with Crippen LogP contribution in [-0.2, 0) is 30.2 Å². The van der Waals surface area contributed by atoms with E-state index < -0.39 is 16.5 Å². The van der Waals surface area contributed by atoms with Crippen molar-refractivity contribution in [2.24, 2.45) is 0 Å². The van der Waals surface area contributed by atoms with Crippen molar-refractivity contribution >= 4 is 16.5 Å². The summed E-state index contributed by atoms with van der Waals surface area (Å²) in [6.45, 7) is 0. The molecule has 0 aliphatic carbocycles. The van der Waals surface area contributed by atoms with Crippen LogP contribution in [0.25, 0.3) is 0 Å². The minimum Gasteiger partial charge on any atom is -0.598 e. The van der Waals surface area contributed by atoms with E-state index in [4.69, 9.17) is 28.7 Å². The second-order valence-electron chi connectivity index (χ2n) is 0.447. The molecule has 0 radical (unpaired) electrons. The third kappa shape index (κ3) is 745. The van der Waals surface area contributed by atoms with Crippen LogP contribution in [0.4, 0.5) is 0 Å². The maximum absolute atomic E-state index is 8.48. The Balaban J connectivity index is -0.0000000720. The van der Waals surface area contributed by atoms with Crippen molar-refractivity contribution in [2.45, 2.75) is 0 Å². The molecule has 0 aromatic carbocycles. The number of hydrogen-bond acceptors (Lipinski definition) is 6. The van der Waals surface area contributed by atoms with Crippen molar-refractivity contribution in [3.05, 3.63) is 0 Å². The molecule has 0 aliphatic rings. The van der Waals surface area contributed by atoms with E-state index in [1.807, 2.05) is 0 Å². The van der Waals surface area contributed by atoms with E-state index in [0.29, 0.717) is 0 Å². The first-order chi connectivity index (χ1) is 3.46. The fourth-order valence-corrected chi connectivity index (χ4v) is 0. The van der Waals surface area contributed by atoms with Crippen LogP contribution in [0.1, 0.15) is 0 Å². The van der Waals surface area contributed by atoms with Crippen molar-refractivity contribution in [3.8, 4) is 0 Å². The molecule has 0 spiro atoms. The van der Waals surface area contributed by atoms with E-state index in [0.717, 1.165) is 0 Å². The van der Waals surface area contributed by atoms with Crippen LogP contribution in [0.2, 0.25) is 0 Å². The molecular weight excluding hydrogens is 353 g/mol. The molecule has 0 fully saturated rings. The second kappa shape index (κ2) is 11.5. The molecule has 0 unspecified atom stereocenters. The third-order valence-electron chi connectivity index (χ3n) is 0. The summed E-state index contributed by atoms with van der Waals surface area (Å²) in [7, 11) is -6.74. The van der Waals surface area contributed by atoms with Gasteiger partial charge in [-0.15, -0.1) is 0 Å². The van der Waals surface area contributed by atoms with Crippen LogP contribution >= 0.6 is 16.5 Å². The van der Waals surface area contributed by atoms with Gasteiger partial charge in [-0.05, 0) is 0 Å². The molecule has 0 aliphatic heterocycles. The minimum absolute atomic E-state index is 0. The van der Waals surface area contributed by atoms with Crippen molar-refractivity contribution < 1.29 is 49.8 Å². The van der Waals surface area contributed by atoms with Crippen molar-refractivity contribution in [1.29, 1.82) is 0 Å². The van der Waals surface area contributed by atoms with Crippen LogP contribution in [0.5, 0.6) is 0 Å². The van der Waals surface area contributed by atoms with Gasteiger partial charge in [-0.25, -0.2) is 0 Å². The molecule has 0 atom stereocenters. The summed E-state index contributed by atoms with van der Waals surface area (Å²) in [5.41, 5.74) is 0. The van der Waals surface area contributed by atoms with Crippen LogP contribution in [0.3, 0.4) is 0 Å². The van der Waals surface area contributed by atoms with Crippen molar-refractivity contribution in [1.82, 2.24) is 0 Å². The summed E-state index contributed by atoms with van der Waals surface area (Å²) in [4.78, 5) is 33.9. The topological polar surface area (TPSA) is 126 Å². The normalized spacial score (nSPS) is 5.78. The van der Waals surface area contributed by atoms with Crippen LogP contribution < -0.4 is 19.6 Å². The van der Waals surface area contributed by atoms with Gasteiger partial charge in [-0.2, -0.15) is 0 Å². The molecule has 54 valence electrons. The first kappa shape index (κ1) is 16.4. The SMILES string of the molecule is O=[P+]([O-])[O-].O=[P+]([O-])[O-].[Pt+4]. The van der Waals surface area contributed by atoms with Gasteiger partial charge in [-0.1, -0.05) is 9.13 Å². The molecule has 0 saturated carbocycles. The van der Waals surface area contributed by atoms with E-state index in [1.54, 1.807) is 0 Å². The largest absolute Gasteiger partial charge is 4.00 e. The molecule has 0 saturated heterocycles. The van der Waals surface area contributed by atoms with E-state index in [1.165, 1.54) is 0 Å². The molecule has 9 heavy (non-hydrogen) atoms. The third-order valence-corrected chi connectivity index (χ3v) is 0. The zero-order valence-corrected chi connectivity index (χ0v) is 7.72. The van der Waals surface area contributed by atoms with E-state index in [-0.39, 0.29) is 21.1 Å². The molecule has 0 bridgehead atoms. The molecular formula is O6P2Pt+2. The molecule has 0 amide bonds. The zero-order chi connectivity index (χ0) is 7.15. The predicted octanol–water partition coefficient (Wildman–Crippen LogP) is -3.27. The first-order valence-electron chi connectivity index (χ1n) is 1.10. The fraction of sp³-hybridized carbons (Fsp3) is 0. The van der Waals surface area contributed by atoms with E-state index in [9.17, 15) is 0 Å². The molecule has 0 aromatic rings. The summed E-state index contributed by atoms with van der Waals surface area (Å²) in [5, 5.41) is 0. The smallest absolute Gasteiger partial charge is 0.598 e. The Labute approximate surface area is 66.7 Å². The molecule has 6 nitrogen and oxygen atoms in total. The van der Waals surface area contributed by atoms with Crippen LogP contribution in [0.15, 0.2) is 0 Å². The molecule has 0 aromatic heterocycles. The fourth-order valence-electron chi connectivity index (χ4n) is 0. The molecule has 9 heteroatoms. The molecule has 0 rings (SSSR count). The van der Waals surface area contributed by atoms with E-state index >= 15 is 0 Å². The summed E-state index contributed by atoms with van der Waals surface area (Å²) >= 11 is 0. The summed E-state index contributed by atoms with van der Waals surface area (Å²) in [6.07, 6.45) is 0. The Bertz CT molecular complexity index is 69.1. The van der Waals surface area contributed by atoms with Gasteiger partial charge in [0.2, 0.25) is 0 Å². The zero-order valence-electron chi connectivity index (χ0n) is 3.66. The van der Waals surface area contributed by atoms with Crippen LogP contribution in [0, 0.1) is 0 Å². The summed E-state index contributed by atoms with van der Waals surface area (Å²) in [6, 6.07) is 0. The summed E-state index contributed by atoms with van der Waals surface area (Å²) < 4.78 is 17.0. The predicted molar refractivity (Wildman–Crippen MR) is 15.2 cm³/mol. The van der Waals surface area contributed by atoms with Gasteiger partial charge >= 0.3 is 21.1 Å². The van der Waals surface area contributed by atoms with Gasteiger partial charge in [-0.3, -0.25) is 0 Å². The first-order valence-corrected chi connectivity index (χ1v) is 3.29. The van der Waals surface area contributed by atoms with Gasteiger partial charge in [0.05, 0.1) is 0 Å². The van der Waals surface area contributed by atoms with E-state index in [2.05, 4.69) is 0 Å². The molecule has 0 N–H and O–H groups in total. The number of hydrogen-bond donors (Lipinski definition) is 0. The Morgan fingerprint density at radius 1 is 0.778 bits per heavy atom. The average Bonchev–Trinajstić information content (AvgIpc) is 1.25. The second-order valence-corrected chi connectivity index (χ2v) is 1.34. The quantitative estimate of drug-likeness (QED) is 0.421. The Hall–Kier alpha value is 0.728. The van der Waals surface area contributed by atoms with Crippen molar-refractivity contribution in [3.63, 3.8) is 0 Å². The summed E-state index contributed by atoms with van der Waals surface area (Å²) in [5.74, 6) is 0. The maximum Gasteiger partial charge on any atom is 4.00 e. The van der Waals surface area contributed by atoms with Gasteiger partial charge < -0.3 is 19.6 Å². The van der Waals surface area contributed by atoms with Crippen LogP contribution in [-0.4, -0.2) is 0 Å². The standard InChI is InChI=1S/2HO3P.Pt/c2*1-4(2)3;/h2*(H,1,2,3);/q;;+4/p-2. The maximum atomic E-state index is 8.48.